The van der Waals surface area contributed by atoms with Crippen molar-refractivity contribution >= 4 is 29.2 Å². The maximum absolute atomic E-state index is 14.5. The van der Waals surface area contributed by atoms with Crippen LogP contribution in [0.2, 0.25) is 0 Å². The monoisotopic (exact) mass is 580 g/mol. The van der Waals surface area contributed by atoms with Crippen molar-refractivity contribution in [1.29, 1.82) is 0 Å². The van der Waals surface area contributed by atoms with Crippen molar-refractivity contribution in [1.82, 2.24) is 10.5 Å². The smallest absolute Gasteiger partial charge is 0.246 e. The van der Waals surface area contributed by atoms with Crippen LogP contribution < -0.4 is 15.5 Å². The Bertz CT molecular complexity index is 1580. The summed E-state index contributed by atoms with van der Waals surface area (Å²) >= 11 is 0. The zero-order valence-corrected chi connectivity index (χ0v) is 24.4. The summed E-state index contributed by atoms with van der Waals surface area (Å²) in [4.78, 5) is 43.9. The molecule has 0 radical (unpaired) electrons. The molecule has 4 aliphatic rings. The molecule has 43 heavy (non-hydrogen) atoms. The van der Waals surface area contributed by atoms with Crippen molar-refractivity contribution in [3.63, 3.8) is 0 Å². The summed E-state index contributed by atoms with van der Waals surface area (Å²) in [6, 6.07) is 18.3. The van der Waals surface area contributed by atoms with Gasteiger partial charge in [0.1, 0.15) is 17.4 Å². The molecule has 9 heteroatoms. The highest BCUT2D eigenvalue weighted by Gasteiger charge is 2.76. The van der Waals surface area contributed by atoms with Gasteiger partial charge in [0.2, 0.25) is 17.7 Å². The van der Waals surface area contributed by atoms with E-state index < -0.39 is 35.0 Å². The summed E-state index contributed by atoms with van der Waals surface area (Å²) in [5.41, 5.74) is 0.430. The normalized spacial score (nSPS) is 29.6. The molecule has 2 saturated heterocycles. The lowest BCUT2D eigenvalue weighted by atomic mass is 9.70. The van der Waals surface area contributed by atoms with Gasteiger partial charge in [-0.05, 0) is 55.9 Å². The number of benzene rings is 2. The number of carbonyl (C=O) groups is 3. The van der Waals surface area contributed by atoms with Crippen molar-refractivity contribution in [2.24, 2.45) is 11.8 Å². The molecule has 2 bridgehead atoms. The van der Waals surface area contributed by atoms with Crippen LogP contribution in [0.25, 0.3) is 0 Å². The molecule has 0 unspecified atom stereocenters. The number of carbonyl (C=O) groups excluding carboxylic acids is 3. The highest BCUT2D eigenvalue weighted by atomic mass is 16.5. The molecule has 3 aliphatic heterocycles. The van der Waals surface area contributed by atoms with E-state index in [-0.39, 0.29) is 17.6 Å². The van der Waals surface area contributed by atoms with Crippen molar-refractivity contribution < 1.29 is 23.6 Å². The Balaban J connectivity index is 1.24. The number of aryl methyl sites for hydroxylation is 1. The molecule has 5 atom stereocenters. The number of nitrogens with zero attached hydrogens (tertiary/aromatic N) is 2. The topological polar surface area (TPSA) is 114 Å². The van der Waals surface area contributed by atoms with Crippen LogP contribution in [0.3, 0.4) is 0 Å². The number of hydrogen-bond acceptors (Lipinski definition) is 6. The zero-order valence-electron chi connectivity index (χ0n) is 24.4. The molecule has 1 aliphatic carbocycles. The van der Waals surface area contributed by atoms with Gasteiger partial charge in [0, 0.05) is 18.3 Å². The molecule has 3 amide bonds. The predicted octanol–water partition coefficient (Wildman–Crippen LogP) is 5.03. The van der Waals surface area contributed by atoms with Crippen molar-refractivity contribution in [2.45, 2.75) is 75.7 Å². The standard InChI is InChI=1S/C34H36N4O5/c1-21-19-26(37-42-21)36-30(39)27-28-32(41)38(25-15-13-24(14-16-25)23-11-7-4-8-12-23)29(34(28)18-17-33(27,2)43-34)31(40)35-20-22-9-5-3-6-10-22/h3,5-6,9-10,13-19,23,27-29H,4,7-8,11-12,20H2,1-2H3,(H,35,40)(H,36,37,39)/t27-,28+,29-,33+,34+/m0/s1. The number of nitrogens with one attached hydrogen (secondary N) is 2. The first-order chi connectivity index (χ1) is 20.8. The van der Waals surface area contributed by atoms with Crippen LogP contribution in [-0.4, -0.2) is 40.1 Å². The lowest BCUT2D eigenvalue weighted by Crippen LogP contribution is -2.54. The Morgan fingerprint density at radius 3 is 2.44 bits per heavy atom. The Morgan fingerprint density at radius 1 is 1.00 bits per heavy atom. The second kappa shape index (κ2) is 10.5. The Labute approximate surface area is 250 Å². The molecule has 7 rings (SSSR count). The third-order valence-corrected chi connectivity index (χ3v) is 9.66. The van der Waals surface area contributed by atoms with Crippen molar-refractivity contribution in [3.05, 3.63) is 89.7 Å². The van der Waals surface area contributed by atoms with E-state index in [9.17, 15) is 14.4 Å². The van der Waals surface area contributed by atoms with Gasteiger partial charge in [-0.2, -0.15) is 0 Å². The minimum atomic E-state index is -1.31. The van der Waals surface area contributed by atoms with Crippen molar-refractivity contribution in [2.75, 3.05) is 10.2 Å². The number of aromatic nitrogens is 1. The van der Waals surface area contributed by atoms with Gasteiger partial charge in [-0.15, -0.1) is 0 Å². The molecular formula is C34H36N4O5. The lowest BCUT2D eigenvalue weighted by Gasteiger charge is -2.33. The van der Waals surface area contributed by atoms with E-state index in [0.29, 0.717) is 23.9 Å². The molecule has 1 aromatic heterocycles. The molecule has 4 heterocycles. The predicted molar refractivity (Wildman–Crippen MR) is 160 cm³/mol. The summed E-state index contributed by atoms with van der Waals surface area (Å²) < 4.78 is 11.8. The first-order valence-corrected chi connectivity index (χ1v) is 15.2. The molecule has 9 nitrogen and oxygen atoms in total. The number of ether oxygens (including phenoxy) is 1. The number of amides is 3. The Kier molecular flexibility index (Phi) is 6.73. The van der Waals surface area contributed by atoms with E-state index >= 15 is 0 Å². The minimum absolute atomic E-state index is 0.268. The molecule has 3 fully saturated rings. The van der Waals surface area contributed by atoms with Gasteiger partial charge >= 0.3 is 0 Å². The molecule has 222 valence electrons. The maximum Gasteiger partial charge on any atom is 0.246 e. The van der Waals surface area contributed by atoms with Gasteiger partial charge < -0.3 is 19.9 Å². The highest BCUT2D eigenvalue weighted by molar-refractivity contribution is 6.11. The highest BCUT2D eigenvalue weighted by Crippen LogP contribution is 2.60. The van der Waals surface area contributed by atoms with Gasteiger partial charge in [-0.1, -0.05) is 79.0 Å². The van der Waals surface area contributed by atoms with E-state index in [4.69, 9.17) is 9.26 Å². The van der Waals surface area contributed by atoms with Crippen LogP contribution in [0.5, 0.6) is 0 Å². The average molecular weight is 581 g/mol. The third kappa shape index (κ3) is 4.57. The van der Waals surface area contributed by atoms with Crippen LogP contribution in [0, 0.1) is 18.8 Å². The molecule has 1 saturated carbocycles. The summed E-state index contributed by atoms with van der Waals surface area (Å²) in [6.45, 7) is 3.83. The molecule has 1 spiro atoms. The van der Waals surface area contributed by atoms with Crippen molar-refractivity contribution in [3.8, 4) is 0 Å². The summed E-state index contributed by atoms with van der Waals surface area (Å²) in [5.74, 6) is -1.50. The number of rotatable bonds is 7. The fourth-order valence-electron chi connectivity index (χ4n) is 7.67. The summed E-state index contributed by atoms with van der Waals surface area (Å²) in [7, 11) is 0. The Morgan fingerprint density at radius 2 is 1.74 bits per heavy atom. The van der Waals surface area contributed by atoms with Crippen LogP contribution >= 0.6 is 0 Å². The first-order valence-electron chi connectivity index (χ1n) is 15.2. The van der Waals surface area contributed by atoms with Gasteiger partial charge in [0.25, 0.3) is 0 Å². The second-order valence-electron chi connectivity index (χ2n) is 12.5. The van der Waals surface area contributed by atoms with Crippen LogP contribution in [0.4, 0.5) is 11.5 Å². The lowest BCUT2D eigenvalue weighted by molar-refractivity contribution is -0.131. The van der Waals surface area contributed by atoms with Gasteiger partial charge in [-0.25, -0.2) is 0 Å². The van der Waals surface area contributed by atoms with Crippen LogP contribution in [0.15, 0.2) is 77.3 Å². The molecular weight excluding hydrogens is 544 g/mol. The maximum atomic E-state index is 14.5. The van der Waals surface area contributed by atoms with E-state index in [1.165, 1.54) is 24.8 Å². The first kappa shape index (κ1) is 27.6. The second-order valence-corrected chi connectivity index (χ2v) is 12.5. The fraction of sp³-hybridized carbons (Fsp3) is 0.412. The van der Waals surface area contributed by atoms with Gasteiger partial charge in [0.05, 0.1) is 17.4 Å². The van der Waals surface area contributed by atoms with Gasteiger partial charge in [0.15, 0.2) is 5.82 Å². The van der Waals surface area contributed by atoms with E-state index in [0.717, 1.165) is 18.4 Å². The summed E-state index contributed by atoms with van der Waals surface area (Å²) in [6.07, 6.45) is 9.70. The third-order valence-electron chi connectivity index (χ3n) is 9.66. The SMILES string of the molecule is Cc1cc(NC(=O)[C@@H]2[C@@H]3C(=O)N(c4ccc(C5CCCCC5)cc4)[C@@H](C(=O)NCc4ccccc4)[C@@]34C=C[C@@]2(C)O4)no1. The number of anilines is 2. The molecule has 3 aromatic rings. The van der Waals surface area contributed by atoms with E-state index in [1.807, 2.05) is 54.6 Å². The van der Waals surface area contributed by atoms with Crippen LogP contribution in [-0.2, 0) is 25.7 Å². The zero-order chi connectivity index (χ0) is 29.8. The fourth-order valence-corrected chi connectivity index (χ4v) is 7.67. The number of hydrogen-bond donors (Lipinski definition) is 2. The average Bonchev–Trinajstić information content (AvgIpc) is 3.73. The minimum Gasteiger partial charge on any atom is -0.360 e. The quantitative estimate of drug-likeness (QED) is 0.379. The van der Waals surface area contributed by atoms with E-state index in [1.54, 1.807) is 24.8 Å². The molecule has 2 aromatic carbocycles. The Hall–Kier alpha value is -4.24. The van der Waals surface area contributed by atoms with E-state index in [2.05, 4.69) is 27.9 Å². The summed E-state index contributed by atoms with van der Waals surface area (Å²) in [5, 5.41) is 9.74. The van der Waals surface area contributed by atoms with Crippen LogP contribution in [0.1, 0.15) is 61.8 Å². The van der Waals surface area contributed by atoms with Gasteiger partial charge in [-0.3, -0.25) is 19.3 Å². The number of fused-ring (bicyclic) bond motifs is 1. The largest absolute Gasteiger partial charge is 0.360 e. The molecule has 2 N–H and O–H groups in total.